The summed E-state index contributed by atoms with van der Waals surface area (Å²) >= 11 is 11.0. The first-order valence-electron chi connectivity index (χ1n) is 2.71. The molecule has 2 nitrogen and oxygen atoms in total. The Morgan fingerprint density at radius 3 is 2.64 bits per heavy atom. The average Bonchev–Trinajstić information content (AvgIpc) is 1.94. The van der Waals surface area contributed by atoms with Crippen LogP contribution in [0.5, 0.6) is 0 Å². The molecule has 1 N–H and O–H groups in total. The Labute approximate surface area is 73.4 Å². The van der Waals surface area contributed by atoms with Crippen molar-refractivity contribution >= 4 is 29.2 Å². The predicted octanol–water partition coefficient (Wildman–Crippen LogP) is 2.49. The maximum atomic E-state index is 10.4. The summed E-state index contributed by atoms with van der Waals surface area (Å²) in [5.74, 6) is -1.09. The molecule has 0 aliphatic carbocycles. The van der Waals surface area contributed by atoms with E-state index >= 15 is 0 Å². The molecule has 0 spiro atoms. The van der Waals surface area contributed by atoms with Gasteiger partial charge in [0.1, 0.15) is 0 Å². The summed E-state index contributed by atoms with van der Waals surface area (Å²) in [6, 6.07) is 5.15. The summed E-state index contributed by atoms with van der Waals surface area (Å²) < 4.78 is 0. The van der Waals surface area contributed by atoms with Crippen LogP contribution in [0.2, 0.25) is 10.0 Å². The van der Waals surface area contributed by atoms with Gasteiger partial charge in [-0.15, -0.1) is 0 Å². The van der Waals surface area contributed by atoms with Gasteiger partial charge in [0, 0.05) is 11.1 Å². The van der Waals surface area contributed by atoms with Crippen LogP contribution in [0, 0.1) is 6.07 Å². The molecule has 1 radical (unpaired) electrons. The van der Waals surface area contributed by atoms with Crippen molar-refractivity contribution in [1.82, 2.24) is 0 Å². The summed E-state index contributed by atoms with van der Waals surface area (Å²) in [5.41, 5.74) is -0.00424. The van der Waals surface area contributed by atoms with Crippen LogP contribution in [0.15, 0.2) is 12.1 Å². The first-order valence-corrected chi connectivity index (χ1v) is 3.47. The van der Waals surface area contributed by atoms with Crippen LogP contribution >= 0.6 is 23.2 Å². The van der Waals surface area contributed by atoms with Crippen LogP contribution in [0.1, 0.15) is 10.4 Å². The molecule has 57 valence electrons. The normalized spacial score (nSPS) is 9.64. The van der Waals surface area contributed by atoms with E-state index in [9.17, 15) is 4.79 Å². The lowest BCUT2D eigenvalue weighted by Gasteiger charge is -1.96. The van der Waals surface area contributed by atoms with E-state index < -0.39 is 5.97 Å². The molecule has 11 heavy (non-hydrogen) atoms. The van der Waals surface area contributed by atoms with Crippen molar-refractivity contribution in [2.24, 2.45) is 0 Å². The van der Waals surface area contributed by atoms with Gasteiger partial charge in [-0.2, -0.15) is 0 Å². The summed E-state index contributed by atoms with van der Waals surface area (Å²) in [7, 11) is 0. The van der Waals surface area contributed by atoms with Gasteiger partial charge < -0.3 is 5.11 Å². The lowest BCUT2D eigenvalue weighted by atomic mass is 10.2. The third-order valence-corrected chi connectivity index (χ3v) is 1.63. The highest BCUT2D eigenvalue weighted by molar-refractivity contribution is 6.35. The predicted molar refractivity (Wildman–Crippen MR) is 42.3 cm³/mol. The molecule has 1 aromatic carbocycles. The molecule has 1 aromatic rings. The van der Waals surface area contributed by atoms with Crippen molar-refractivity contribution < 1.29 is 9.90 Å². The van der Waals surface area contributed by atoms with Gasteiger partial charge in [-0.1, -0.05) is 23.2 Å². The standard InChI is InChI=1S/C7H3Cl2O2/c8-4-1-2-6(9)5(3-4)7(10)11/h2-3H,(H,10,11). The van der Waals surface area contributed by atoms with Gasteiger partial charge in [0.05, 0.1) is 10.6 Å². The van der Waals surface area contributed by atoms with Crippen LogP contribution in [-0.4, -0.2) is 11.1 Å². The largest absolute Gasteiger partial charge is 0.478 e. The maximum Gasteiger partial charge on any atom is 0.337 e. The average molecular weight is 190 g/mol. The second-order valence-electron chi connectivity index (χ2n) is 1.85. The number of carbonyl (C=O) groups is 1. The van der Waals surface area contributed by atoms with Crippen molar-refractivity contribution in [2.75, 3.05) is 0 Å². The topological polar surface area (TPSA) is 37.3 Å². The Kier molecular flexibility index (Phi) is 2.37. The molecule has 0 aliphatic heterocycles. The maximum absolute atomic E-state index is 10.4. The number of carboxylic acid groups (broad SMARTS) is 1. The van der Waals surface area contributed by atoms with Gasteiger partial charge in [0.15, 0.2) is 0 Å². The second kappa shape index (κ2) is 3.11. The van der Waals surface area contributed by atoms with Crippen molar-refractivity contribution in [2.45, 2.75) is 0 Å². The molecule has 1 rings (SSSR count). The Balaban J connectivity index is 3.23. The molecule has 0 aromatic heterocycles. The van der Waals surface area contributed by atoms with Crippen LogP contribution in [-0.2, 0) is 0 Å². The van der Waals surface area contributed by atoms with Crippen molar-refractivity contribution in [3.8, 4) is 0 Å². The highest BCUT2D eigenvalue weighted by Gasteiger charge is 2.07. The fourth-order valence-electron chi connectivity index (χ4n) is 0.611. The van der Waals surface area contributed by atoms with Gasteiger partial charge in [-0.25, -0.2) is 4.79 Å². The van der Waals surface area contributed by atoms with E-state index in [1.807, 2.05) is 0 Å². The van der Waals surface area contributed by atoms with Crippen molar-refractivity contribution in [1.29, 1.82) is 0 Å². The zero-order chi connectivity index (χ0) is 8.43. The van der Waals surface area contributed by atoms with E-state index in [4.69, 9.17) is 28.3 Å². The van der Waals surface area contributed by atoms with Crippen LogP contribution in [0.4, 0.5) is 0 Å². The minimum atomic E-state index is -1.09. The third kappa shape index (κ3) is 1.85. The van der Waals surface area contributed by atoms with Crippen LogP contribution in [0.25, 0.3) is 0 Å². The summed E-state index contributed by atoms with van der Waals surface area (Å²) in [6.45, 7) is 0. The molecule has 4 heteroatoms. The molecular weight excluding hydrogens is 187 g/mol. The molecule has 0 saturated carbocycles. The molecule has 0 saturated heterocycles. The van der Waals surface area contributed by atoms with E-state index in [1.165, 1.54) is 12.1 Å². The minimum Gasteiger partial charge on any atom is -0.478 e. The number of hydrogen-bond donors (Lipinski definition) is 1. The molecular formula is C7H3Cl2O2. The first-order chi connectivity index (χ1) is 5.11. The van der Waals surface area contributed by atoms with E-state index in [0.717, 1.165) is 0 Å². The monoisotopic (exact) mass is 189 g/mol. The molecule has 0 unspecified atom stereocenters. The van der Waals surface area contributed by atoms with Crippen LogP contribution < -0.4 is 0 Å². The number of benzene rings is 1. The molecule has 0 fully saturated rings. The number of hydrogen-bond acceptors (Lipinski definition) is 1. The molecule has 0 amide bonds. The van der Waals surface area contributed by atoms with Gasteiger partial charge >= 0.3 is 5.97 Å². The highest BCUT2D eigenvalue weighted by Crippen LogP contribution is 2.19. The summed E-state index contributed by atoms with van der Waals surface area (Å²) in [5, 5.41) is 8.92. The van der Waals surface area contributed by atoms with E-state index in [1.54, 1.807) is 0 Å². The Hall–Kier alpha value is -0.730. The zero-order valence-corrected chi connectivity index (χ0v) is 6.78. The molecule has 0 atom stereocenters. The van der Waals surface area contributed by atoms with Gasteiger partial charge in [0.25, 0.3) is 0 Å². The molecule has 0 heterocycles. The lowest BCUT2D eigenvalue weighted by molar-refractivity contribution is 0.0697. The van der Waals surface area contributed by atoms with E-state index in [0.29, 0.717) is 0 Å². The Bertz CT molecular complexity index is 296. The van der Waals surface area contributed by atoms with Gasteiger partial charge in [-0.3, -0.25) is 0 Å². The Morgan fingerprint density at radius 2 is 2.18 bits per heavy atom. The summed E-state index contributed by atoms with van der Waals surface area (Å²) in [6.07, 6.45) is 0. The summed E-state index contributed by atoms with van der Waals surface area (Å²) in [4.78, 5) is 10.4. The first kappa shape index (κ1) is 8.37. The quantitative estimate of drug-likeness (QED) is 0.738. The number of carboxylic acids is 1. The molecule has 0 bridgehead atoms. The Morgan fingerprint density at radius 1 is 1.55 bits per heavy atom. The fourth-order valence-corrected chi connectivity index (χ4v) is 0.965. The smallest absolute Gasteiger partial charge is 0.337 e. The second-order valence-corrected chi connectivity index (χ2v) is 2.66. The van der Waals surface area contributed by atoms with E-state index in [2.05, 4.69) is 6.07 Å². The third-order valence-electron chi connectivity index (χ3n) is 1.10. The van der Waals surface area contributed by atoms with E-state index in [-0.39, 0.29) is 15.6 Å². The number of rotatable bonds is 1. The minimum absolute atomic E-state index is 0.00424. The zero-order valence-electron chi connectivity index (χ0n) is 5.27. The van der Waals surface area contributed by atoms with Gasteiger partial charge in [0.2, 0.25) is 0 Å². The lowest BCUT2D eigenvalue weighted by Crippen LogP contribution is -1.96. The number of halogens is 2. The SMILES string of the molecule is O=C(O)c1cc(Cl)[c]cc1Cl. The van der Waals surface area contributed by atoms with Crippen LogP contribution in [0.3, 0.4) is 0 Å². The number of aromatic carboxylic acids is 1. The van der Waals surface area contributed by atoms with Crippen molar-refractivity contribution in [3.05, 3.63) is 33.8 Å². The van der Waals surface area contributed by atoms with Gasteiger partial charge in [-0.05, 0) is 12.1 Å². The molecule has 0 aliphatic rings. The fraction of sp³-hybridized carbons (Fsp3) is 0. The van der Waals surface area contributed by atoms with Crippen molar-refractivity contribution in [3.63, 3.8) is 0 Å². The highest BCUT2D eigenvalue weighted by atomic mass is 35.5.